The second-order valence-electron chi connectivity index (χ2n) is 5.14. The zero-order chi connectivity index (χ0) is 13.7. The molecule has 0 radical (unpaired) electrons. The average molecular weight is 257 g/mol. The first-order valence-corrected chi connectivity index (χ1v) is 6.61. The Morgan fingerprint density at radius 2 is 2.16 bits per heavy atom. The fourth-order valence-electron chi connectivity index (χ4n) is 2.64. The van der Waals surface area contributed by atoms with E-state index in [4.69, 9.17) is 5.26 Å². The van der Waals surface area contributed by atoms with Crippen LogP contribution in [-0.2, 0) is 11.3 Å². The van der Waals surface area contributed by atoms with Crippen molar-refractivity contribution in [3.05, 3.63) is 35.9 Å². The van der Waals surface area contributed by atoms with Crippen LogP contribution in [0.25, 0.3) is 0 Å². The summed E-state index contributed by atoms with van der Waals surface area (Å²) in [6, 6.07) is 12.2. The third-order valence-corrected chi connectivity index (χ3v) is 3.62. The largest absolute Gasteiger partial charge is 0.343 e. The highest BCUT2D eigenvalue weighted by atomic mass is 16.1. The number of likely N-dealkylation sites (tertiary alicyclic amines) is 1. The number of hydrogen-bond acceptors (Lipinski definition) is 3. The summed E-state index contributed by atoms with van der Waals surface area (Å²) in [6.45, 7) is 4.78. The molecule has 0 aromatic heterocycles. The molecule has 1 aromatic rings. The lowest BCUT2D eigenvalue weighted by Crippen LogP contribution is -2.34. The highest BCUT2D eigenvalue weighted by Gasteiger charge is 2.34. The van der Waals surface area contributed by atoms with E-state index < -0.39 is 0 Å². The Balaban J connectivity index is 1.90. The molecule has 1 fully saturated rings. The minimum absolute atomic E-state index is 0.00272. The number of hydrogen-bond donors (Lipinski definition) is 1. The van der Waals surface area contributed by atoms with E-state index in [1.807, 2.05) is 24.3 Å². The number of nitrogens with zero attached hydrogens (tertiary/aromatic N) is 2. The van der Waals surface area contributed by atoms with Crippen molar-refractivity contribution in [2.24, 2.45) is 11.8 Å². The molecule has 0 spiro atoms. The Labute approximate surface area is 114 Å². The number of rotatable bonds is 4. The summed E-state index contributed by atoms with van der Waals surface area (Å²) in [5, 5.41) is 11.2. The van der Waals surface area contributed by atoms with Crippen molar-refractivity contribution in [1.29, 1.82) is 5.26 Å². The van der Waals surface area contributed by atoms with Crippen LogP contribution in [0.2, 0.25) is 0 Å². The molecule has 1 saturated heterocycles. The molecule has 0 bridgehead atoms. The molecule has 19 heavy (non-hydrogen) atoms. The molecule has 1 amide bonds. The van der Waals surface area contributed by atoms with Crippen LogP contribution in [0.3, 0.4) is 0 Å². The molecular weight excluding hydrogens is 238 g/mol. The number of carbonyl (C=O) groups excluding carboxylic acids is 1. The van der Waals surface area contributed by atoms with Crippen LogP contribution in [0.15, 0.2) is 30.3 Å². The van der Waals surface area contributed by atoms with Crippen molar-refractivity contribution in [3.63, 3.8) is 0 Å². The van der Waals surface area contributed by atoms with E-state index >= 15 is 0 Å². The molecule has 1 aliphatic heterocycles. The van der Waals surface area contributed by atoms with Gasteiger partial charge in [-0.05, 0) is 11.5 Å². The fraction of sp³-hybridized carbons (Fsp3) is 0.467. The monoisotopic (exact) mass is 257 g/mol. The zero-order valence-electron chi connectivity index (χ0n) is 11.2. The molecule has 2 atom stereocenters. The predicted octanol–water partition coefficient (Wildman–Crippen LogP) is 1.39. The first-order chi connectivity index (χ1) is 9.20. The molecule has 1 aliphatic rings. The lowest BCUT2D eigenvalue weighted by molar-refractivity contribution is -0.125. The second kappa shape index (κ2) is 6.35. The Morgan fingerprint density at radius 3 is 2.84 bits per heavy atom. The van der Waals surface area contributed by atoms with Crippen molar-refractivity contribution in [3.8, 4) is 6.07 Å². The molecule has 0 aliphatic carbocycles. The van der Waals surface area contributed by atoms with E-state index in [-0.39, 0.29) is 18.4 Å². The highest BCUT2D eigenvalue weighted by molar-refractivity contribution is 5.79. The molecule has 1 aromatic carbocycles. The van der Waals surface area contributed by atoms with Gasteiger partial charge < -0.3 is 5.32 Å². The van der Waals surface area contributed by atoms with Gasteiger partial charge in [0.2, 0.25) is 5.91 Å². The summed E-state index contributed by atoms with van der Waals surface area (Å²) in [4.78, 5) is 14.2. The van der Waals surface area contributed by atoms with Gasteiger partial charge in [0.25, 0.3) is 0 Å². The van der Waals surface area contributed by atoms with Crippen molar-refractivity contribution in [2.45, 2.75) is 13.5 Å². The second-order valence-corrected chi connectivity index (χ2v) is 5.14. The standard InChI is InChI=1S/C15H19N3O/c1-12-9-18(10-13-5-3-2-4-6-13)11-14(12)15(19)17-8-7-16/h2-6,12,14H,8-11H2,1H3,(H,17,19)/t12-,14-/m1/s1. The molecular formula is C15H19N3O. The molecule has 100 valence electrons. The summed E-state index contributed by atoms with van der Waals surface area (Å²) in [5.74, 6) is 0.337. The highest BCUT2D eigenvalue weighted by Crippen LogP contribution is 2.24. The van der Waals surface area contributed by atoms with E-state index in [1.165, 1.54) is 5.56 Å². The summed E-state index contributed by atoms with van der Waals surface area (Å²) in [7, 11) is 0. The number of nitriles is 1. The van der Waals surface area contributed by atoms with Crippen molar-refractivity contribution >= 4 is 5.91 Å². The molecule has 4 nitrogen and oxygen atoms in total. The molecule has 1 N–H and O–H groups in total. The van der Waals surface area contributed by atoms with Crippen molar-refractivity contribution in [2.75, 3.05) is 19.6 Å². The van der Waals surface area contributed by atoms with Gasteiger partial charge in [0.15, 0.2) is 0 Å². The van der Waals surface area contributed by atoms with E-state index in [1.54, 1.807) is 0 Å². The summed E-state index contributed by atoms with van der Waals surface area (Å²) in [5.41, 5.74) is 1.27. The van der Waals surface area contributed by atoms with Crippen LogP contribution in [-0.4, -0.2) is 30.4 Å². The van der Waals surface area contributed by atoms with Gasteiger partial charge in [0.05, 0.1) is 12.0 Å². The number of nitrogens with one attached hydrogen (secondary N) is 1. The topological polar surface area (TPSA) is 56.1 Å². The molecule has 2 rings (SSSR count). The van der Waals surface area contributed by atoms with Gasteiger partial charge in [-0.1, -0.05) is 37.3 Å². The van der Waals surface area contributed by atoms with Gasteiger partial charge in [-0.2, -0.15) is 5.26 Å². The predicted molar refractivity (Wildman–Crippen MR) is 73.0 cm³/mol. The van der Waals surface area contributed by atoms with Gasteiger partial charge in [0, 0.05) is 19.6 Å². The number of benzene rings is 1. The van der Waals surface area contributed by atoms with Gasteiger partial charge in [0.1, 0.15) is 6.54 Å². The minimum Gasteiger partial charge on any atom is -0.343 e. The molecule has 4 heteroatoms. The quantitative estimate of drug-likeness (QED) is 0.829. The summed E-state index contributed by atoms with van der Waals surface area (Å²) < 4.78 is 0. The van der Waals surface area contributed by atoms with Crippen LogP contribution in [0.4, 0.5) is 0 Å². The number of carbonyl (C=O) groups is 1. The maximum Gasteiger partial charge on any atom is 0.225 e. The molecule has 1 heterocycles. The fourth-order valence-corrected chi connectivity index (χ4v) is 2.64. The van der Waals surface area contributed by atoms with Crippen LogP contribution < -0.4 is 5.32 Å². The lowest BCUT2D eigenvalue weighted by Gasteiger charge is -2.15. The first kappa shape index (κ1) is 13.6. The van der Waals surface area contributed by atoms with E-state index in [0.717, 1.165) is 19.6 Å². The SMILES string of the molecule is C[C@@H]1CN(Cc2ccccc2)C[C@H]1C(=O)NCC#N. The van der Waals surface area contributed by atoms with Crippen LogP contribution >= 0.6 is 0 Å². The Hall–Kier alpha value is -1.86. The summed E-state index contributed by atoms with van der Waals surface area (Å²) in [6.07, 6.45) is 0. The Bertz CT molecular complexity index is 466. The third kappa shape index (κ3) is 3.55. The zero-order valence-corrected chi connectivity index (χ0v) is 11.2. The minimum atomic E-state index is -0.00272. The third-order valence-electron chi connectivity index (χ3n) is 3.62. The van der Waals surface area contributed by atoms with Gasteiger partial charge in [-0.15, -0.1) is 0 Å². The van der Waals surface area contributed by atoms with Gasteiger partial charge in [-0.3, -0.25) is 9.69 Å². The normalized spacial score (nSPS) is 22.9. The average Bonchev–Trinajstić information content (AvgIpc) is 2.78. The Kier molecular flexibility index (Phi) is 4.53. The maximum atomic E-state index is 11.9. The van der Waals surface area contributed by atoms with E-state index in [0.29, 0.717) is 5.92 Å². The van der Waals surface area contributed by atoms with E-state index in [2.05, 4.69) is 29.3 Å². The Morgan fingerprint density at radius 1 is 1.42 bits per heavy atom. The van der Waals surface area contributed by atoms with Gasteiger partial charge in [-0.25, -0.2) is 0 Å². The van der Waals surface area contributed by atoms with Crippen LogP contribution in [0.5, 0.6) is 0 Å². The number of amides is 1. The first-order valence-electron chi connectivity index (χ1n) is 6.61. The molecule has 0 unspecified atom stereocenters. The van der Waals surface area contributed by atoms with Gasteiger partial charge >= 0.3 is 0 Å². The van der Waals surface area contributed by atoms with Crippen LogP contribution in [0.1, 0.15) is 12.5 Å². The smallest absolute Gasteiger partial charge is 0.225 e. The van der Waals surface area contributed by atoms with Crippen molar-refractivity contribution < 1.29 is 4.79 Å². The summed E-state index contributed by atoms with van der Waals surface area (Å²) >= 11 is 0. The maximum absolute atomic E-state index is 11.9. The lowest BCUT2D eigenvalue weighted by atomic mass is 9.97. The molecule has 0 saturated carbocycles. The van der Waals surface area contributed by atoms with E-state index in [9.17, 15) is 4.79 Å². The van der Waals surface area contributed by atoms with Crippen molar-refractivity contribution in [1.82, 2.24) is 10.2 Å². The van der Waals surface area contributed by atoms with Crippen LogP contribution in [0, 0.1) is 23.2 Å².